The number of hydrogen-bond donors (Lipinski definition) is 1. The van der Waals surface area contributed by atoms with Crippen molar-refractivity contribution in [2.24, 2.45) is 7.05 Å². The van der Waals surface area contributed by atoms with E-state index < -0.39 is 17.5 Å². The highest BCUT2D eigenvalue weighted by Crippen LogP contribution is 2.12. The summed E-state index contributed by atoms with van der Waals surface area (Å²) in [4.78, 5) is 20.6. The molecule has 1 amide bonds. The normalized spacial score (nSPS) is 10.9. The molecule has 7 heteroatoms. The van der Waals surface area contributed by atoms with Crippen molar-refractivity contribution in [3.05, 3.63) is 59.6 Å². The lowest BCUT2D eigenvalue weighted by Crippen LogP contribution is -2.26. The van der Waals surface area contributed by atoms with Crippen LogP contribution >= 0.6 is 0 Å². The first kappa shape index (κ1) is 15.1. The lowest BCUT2D eigenvalue weighted by molar-refractivity contribution is 0.0953. The zero-order valence-corrected chi connectivity index (χ0v) is 12.4. The predicted octanol–water partition coefficient (Wildman–Crippen LogP) is 2.22. The van der Waals surface area contributed by atoms with Gasteiger partial charge >= 0.3 is 0 Å². The molecule has 0 unspecified atom stereocenters. The Kier molecular flexibility index (Phi) is 4.01. The van der Waals surface area contributed by atoms with Crippen molar-refractivity contribution in [1.82, 2.24) is 19.9 Å². The number of benzene rings is 1. The van der Waals surface area contributed by atoms with Gasteiger partial charge in [0.1, 0.15) is 11.3 Å². The van der Waals surface area contributed by atoms with E-state index in [1.165, 1.54) is 6.07 Å². The topological polar surface area (TPSA) is 59.8 Å². The summed E-state index contributed by atoms with van der Waals surface area (Å²) in [6, 6.07) is 6.73. The van der Waals surface area contributed by atoms with Crippen LogP contribution in [0.5, 0.6) is 0 Å². The molecule has 0 atom stereocenters. The lowest BCUT2D eigenvalue weighted by Gasteiger charge is -2.06. The van der Waals surface area contributed by atoms with Gasteiger partial charge < -0.3 is 9.88 Å². The second-order valence-corrected chi connectivity index (χ2v) is 5.07. The van der Waals surface area contributed by atoms with Crippen molar-refractivity contribution in [1.29, 1.82) is 0 Å². The second-order valence-electron chi connectivity index (χ2n) is 5.07. The van der Waals surface area contributed by atoms with Crippen molar-refractivity contribution in [2.75, 3.05) is 6.54 Å². The first-order valence-electron chi connectivity index (χ1n) is 7.06. The fraction of sp³-hybridized carbons (Fsp3) is 0.188. The number of fused-ring (bicyclic) bond motifs is 1. The van der Waals surface area contributed by atoms with Gasteiger partial charge in [0.15, 0.2) is 17.3 Å². The maximum Gasteiger partial charge on any atom is 0.251 e. The smallest absolute Gasteiger partial charge is 0.251 e. The minimum absolute atomic E-state index is 0.0792. The van der Waals surface area contributed by atoms with Crippen LogP contribution in [0.4, 0.5) is 8.78 Å². The van der Waals surface area contributed by atoms with Crippen LogP contribution in [0.3, 0.4) is 0 Å². The Labute approximate surface area is 131 Å². The molecule has 0 aliphatic heterocycles. The summed E-state index contributed by atoms with van der Waals surface area (Å²) >= 11 is 0. The molecular weight excluding hydrogens is 302 g/mol. The largest absolute Gasteiger partial charge is 0.352 e. The Balaban J connectivity index is 1.65. The third-order valence-corrected chi connectivity index (χ3v) is 3.54. The Hall–Kier alpha value is -2.83. The molecule has 0 aliphatic rings. The van der Waals surface area contributed by atoms with Crippen LogP contribution in [0, 0.1) is 11.6 Å². The predicted molar refractivity (Wildman–Crippen MR) is 80.9 cm³/mol. The van der Waals surface area contributed by atoms with Gasteiger partial charge in [-0.1, -0.05) is 0 Å². The molecule has 23 heavy (non-hydrogen) atoms. The average Bonchev–Trinajstić information content (AvgIpc) is 2.87. The second kappa shape index (κ2) is 6.12. The molecular formula is C16H14F2N4O. The first-order chi connectivity index (χ1) is 11.1. The van der Waals surface area contributed by atoms with Crippen molar-refractivity contribution >= 4 is 17.1 Å². The van der Waals surface area contributed by atoms with Crippen molar-refractivity contribution in [2.45, 2.75) is 6.42 Å². The van der Waals surface area contributed by atoms with Gasteiger partial charge in [-0.2, -0.15) is 0 Å². The summed E-state index contributed by atoms with van der Waals surface area (Å²) < 4.78 is 27.8. The number of nitrogens with one attached hydrogen (secondary N) is 1. The molecule has 118 valence electrons. The fourth-order valence-corrected chi connectivity index (χ4v) is 2.32. The van der Waals surface area contributed by atoms with Gasteiger partial charge in [0.2, 0.25) is 0 Å². The van der Waals surface area contributed by atoms with Crippen molar-refractivity contribution in [3.63, 3.8) is 0 Å². The zero-order valence-electron chi connectivity index (χ0n) is 12.4. The number of amides is 1. The molecule has 0 bridgehead atoms. The standard InChI is InChI=1S/C16H14F2N4O/c1-22-14(21-13-3-2-7-19-15(13)22)6-8-20-16(23)10-4-5-11(17)12(18)9-10/h2-5,7,9H,6,8H2,1H3,(H,20,23). The SMILES string of the molecule is Cn1c(CCNC(=O)c2ccc(F)c(F)c2)nc2cccnc21. The molecule has 0 aliphatic carbocycles. The highest BCUT2D eigenvalue weighted by molar-refractivity contribution is 5.94. The molecule has 0 saturated heterocycles. The Morgan fingerprint density at radius 1 is 1.26 bits per heavy atom. The number of hydrogen-bond acceptors (Lipinski definition) is 3. The van der Waals surface area contributed by atoms with Gasteiger partial charge in [-0.3, -0.25) is 4.79 Å². The fourth-order valence-electron chi connectivity index (χ4n) is 2.32. The summed E-state index contributed by atoms with van der Waals surface area (Å²) in [5.74, 6) is -1.70. The van der Waals surface area contributed by atoms with Gasteiger partial charge in [-0.15, -0.1) is 0 Å². The van der Waals surface area contributed by atoms with Crippen molar-refractivity contribution < 1.29 is 13.6 Å². The van der Waals surface area contributed by atoms with E-state index in [2.05, 4.69) is 15.3 Å². The summed E-state index contributed by atoms with van der Waals surface area (Å²) in [5, 5.41) is 2.66. The number of nitrogens with zero attached hydrogens (tertiary/aromatic N) is 3. The zero-order chi connectivity index (χ0) is 16.4. The van der Waals surface area contributed by atoms with Crippen LogP contribution in [0.15, 0.2) is 36.5 Å². The van der Waals surface area contributed by atoms with E-state index in [0.717, 1.165) is 29.1 Å². The molecule has 3 aromatic rings. The lowest BCUT2D eigenvalue weighted by atomic mass is 10.2. The molecule has 1 aromatic carbocycles. The van der Waals surface area contributed by atoms with Crippen LogP contribution in [-0.4, -0.2) is 27.0 Å². The Morgan fingerprint density at radius 2 is 2.09 bits per heavy atom. The van der Waals surface area contributed by atoms with E-state index in [9.17, 15) is 13.6 Å². The number of halogens is 2. The number of aromatic nitrogens is 3. The number of imidazole rings is 1. The van der Waals surface area contributed by atoms with E-state index in [4.69, 9.17) is 0 Å². The Bertz CT molecular complexity index is 876. The molecule has 3 rings (SSSR count). The number of rotatable bonds is 4. The highest BCUT2D eigenvalue weighted by atomic mass is 19.2. The molecule has 0 fully saturated rings. The van der Waals surface area contributed by atoms with E-state index >= 15 is 0 Å². The van der Waals surface area contributed by atoms with E-state index in [1.807, 2.05) is 23.7 Å². The van der Waals surface area contributed by atoms with Gasteiger partial charge in [0.05, 0.1) is 0 Å². The number of pyridine rings is 1. The summed E-state index contributed by atoms with van der Waals surface area (Å²) in [7, 11) is 1.86. The maximum atomic E-state index is 13.1. The van der Waals surface area contributed by atoms with Crippen LogP contribution in [0.1, 0.15) is 16.2 Å². The number of aryl methyl sites for hydroxylation is 1. The third-order valence-electron chi connectivity index (χ3n) is 3.54. The van der Waals surface area contributed by atoms with Crippen molar-refractivity contribution in [3.8, 4) is 0 Å². The minimum Gasteiger partial charge on any atom is -0.352 e. The van der Waals surface area contributed by atoms with E-state index in [-0.39, 0.29) is 5.56 Å². The van der Waals surface area contributed by atoms with Crippen LogP contribution in [-0.2, 0) is 13.5 Å². The molecule has 1 N–H and O–H groups in total. The molecule has 5 nitrogen and oxygen atoms in total. The van der Waals surface area contributed by atoms with Gasteiger partial charge in [0, 0.05) is 31.8 Å². The average molecular weight is 316 g/mol. The molecule has 0 saturated carbocycles. The monoisotopic (exact) mass is 316 g/mol. The molecule has 2 heterocycles. The van der Waals surface area contributed by atoms with Crippen LogP contribution in [0.2, 0.25) is 0 Å². The maximum absolute atomic E-state index is 13.1. The summed E-state index contributed by atoms with van der Waals surface area (Å²) in [6.07, 6.45) is 2.20. The highest BCUT2D eigenvalue weighted by Gasteiger charge is 2.11. The van der Waals surface area contributed by atoms with Gasteiger partial charge in [0.25, 0.3) is 5.91 Å². The minimum atomic E-state index is -1.04. The quantitative estimate of drug-likeness (QED) is 0.803. The van der Waals surface area contributed by atoms with E-state index in [0.29, 0.717) is 13.0 Å². The van der Waals surface area contributed by atoms with Crippen LogP contribution in [0.25, 0.3) is 11.2 Å². The molecule has 0 spiro atoms. The molecule has 2 aromatic heterocycles. The first-order valence-corrected chi connectivity index (χ1v) is 7.06. The van der Waals surface area contributed by atoms with Gasteiger partial charge in [-0.25, -0.2) is 18.7 Å². The number of carbonyl (C=O) groups excluding carboxylic acids is 1. The molecule has 0 radical (unpaired) electrons. The van der Waals surface area contributed by atoms with Crippen LogP contribution < -0.4 is 5.32 Å². The van der Waals surface area contributed by atoms with Gasteiger partial charge in [-0.05, 0) is 30.3 Å². The Morgan fingerprint density at radius 3 is 2.83 bits per heavy atom. The number of carbonyl (C=O) groups is 1. The van der Waals surface area contributed by atoms with E-state index in [1.54, 1.807) is 6.20 Å². The summed E-state index contributed by atoms with van der Waals surface area (Å²) in [5.41, 5.74) is 1.64. The third kappa shape index (κ3) is 3.03. The summed E-state index contributed by atoms with van der Waals surface area (Å²) in [6.45, 7) is 0.328.